The van der Waals surface area contributed by atoms with Crippen LogP contribution in [0.3, 0.4) is 0 Å². The minimum Gasteiger partial charge on any atom is -0.396 e. The van der Waals surface area contributed by atoms with E-state index in [0.29, 0.717) is 6.42 Å². The largest absolute Gasteiger partial charge is 0.474 e. The average Bonchev–Trinajstić information content (AvgIpc) is 3.02. The van der Waals surface area contributed by atoms with Crippen molar-refractivity contribution in [3.8, 4) is 0 Å². The highest BCUT2D eigenvalue weighted by atomic mass is 31.2. The zero-order chi connectivity index (χ0) is 14.1. The van der Waals surface area contributed by atoms with Gasteiger partial charge in [0.2, 0.25) is 0 Å². The minimum absolute atomic E-state index is 0.0866. The Morgan fingerprint density at radius 3 is 2.42 bits per heavy atom. The van der Waals surface area contributed by atoms with Gasteiger partial charge in [-0.2, -0.15) is 0 Å². The van der Waals surface area contributed by atoms with Gasteiger partial charge in [0.05, 0.1) is 44.1 Å². The van der Waals surface area contributed by atoms with Crippen molar-refractivity contribution in [3.63, 3.8) is 0 Å². The van der Waals surface area contributed by atoms with Crippen molar-refractivity contribution in [2.45, 2.75) is 38.6 Å². The van der Waals surface area contributed by atoms with Crippen molar-refractivity contribution in [1.29, 1.82) is 0 Å². The summed E-state index contributed by atoms with van der Waals surface area (Å²) in [6, 6.07) is 0. The van der Waals surface area contributed by atoms with Crippen LogP contribution < -0.4 is 0 Å². The second-order valence-electron chi connectivity index (χ2n) is 4.78. The Morgan fingerprint density at radius 2 is 1.95 bits per heavy atom. The zero-order valence-corrected chi connectivity index (χ0v) is 12.0. The Balaban J connectivity index is 1.87. The van der Waals surface area contributed by atoms with E-state index >= 15 is 0 Å². The standard InChI is InChI=1S/C11H21O7P/c1-3-15-19(14,16-4-2)17-6-8-10(13)11(7-12)5-9(11)18-8/h8-10,12-13H,3-7H2,1-2H3/t8-,9+,10?,11?/m1/s1. The molecule has 0 spiro atoms. The molecule has 4 atom stereocenters. The summed E-state index contributed by atoms with van der Waals surface area (Å²) < 4.78 is 32.7. The highest BCUT2D eigenvalue weighted by Gasteiger charge is 2.67. The van der Waals surface area contributed by atoms with Crippen LogP contribution >= 0.6 is 7.82 Å². The molecule has 0 radical (unpaired) electrons. The second-order valence-corrected chi connectivity index (χ2v) is 6.45. The third-order valence-electron chi connectivity index (χ3n) is 3.59. The van der Waals surface area contributed by atoms with Gasteiger partial charge in [0, 0.05) is 0 Å². The van der Waals surface area contributed by atoms with Crippen LogP contribution in [0.15, 0.2) is 0 Å². The zero-order valence-electron chi connectivity index (χ0n) is 11.2. The molecule has 7 nitrogen and oxygen atoms in total. The number of phosphoric acid groups is 1. The molecule has 2 rings (SSSR count). The maximum absolute atomic E-state index is 12.1. The van der Waals surface area contributed by atoms with Crippen LogP contribution in [0.1, 0.15) is 20.3 Å². The summed E-state index contributed by atoms with van der Waals surface area (Å²) in [5.41, 5.74) is -0.560. The third kappa shape index (κ3) is 2.88. The number of rotatable bonds is 8. The van der Waals surface area contributed by atoms with E-state index in [9.17, 15) is 14.8 Å². The summed E-state index contributed by atoms with van der Waals surface area (Å²) >= 11 is 0. The molecule has 1 saturated heterocycles. The summed E-state index contributed by atoms with van der Waals surface area (Å²) in [4.78, 5) is 0. The number of hydrogen-bond donors (Lipinski definition) is 2. The van der Waals surface area contributed by atoms with E-state index in [4.69, 9.17) is 18.3 Å². The van der Waals surface area contributed by atoms with Gasteiger partial charge in [-0.1, -0.05) is 0 Å². The van der Waals surface area contributed by atoms with E-state index in [1.54, 1.807) is 13.8 Å². The minimum atomic E-state index is -3.59. The van der Waals surface area contributed by atoms with Crippen molar-refractivity contribution in [2.75, 3.05) is 26.4 Å². The quantitative estimate of drug-likeness (QED) is 0.636. The van der Waals surface area contributed by atoms with Gasteiger partial charge >= 0.3 is 7.82 Å². The molecule has 19 heavy (non-hydrogen) atoms. The lowest BCUT2D eigenvalue weighted by atomic mass is 9.98. The smallest absolute Gasteiger partial charge is 0.396 e. The van der Waals surface area contributed by atoms with Gasteiger partial charge in [-0.15, -0.1) is 0 Å². The van der Waals surface area contributed by atoms with Crippen LogP contribution in [-0.4, -0.2) is 55.0 Å². The highest BCUT2D eigenvalue weighted by molar-refractivity contribution is 7.48. The Labute approximate surface area is 112 Å². The first-order valence-corrected chi connectivity index (χ1v) is 7.95. The van der Waals surface area contributed by atoms with Crippen LogP contribution in [0.25, 0.3) is 0 Å². The number of hydrogen-bond acceptors (Lipinski definition) is 7. The van der Waals surface area contributed by atoms with E-state index in [0.717, 1.165) is 0 Å². The third-order valence-corrected chi connectivity index (χ3v) is 5.21. The Bertz CT molecular complexity index is 349. The van der Waals surface area contributed by atoms with Crippen molar-refractivity contribution in [1.82, 2.24) is 0 Å². The molecule has 0 bridgehead atoms. The topological polar surface area (TPSA) is 94.5 Å². The molecule has 2 unspecified atom stereocenters. The first-order valence-electron chi connectivity index (χ1n) is 6.49. The molecule has 0 aromatic carbocycles. The van der Waals surface area contributed by atoms with Gasteiger partial charge in [0.25, 0.3) is 0 Å². The summed E-state index contributed by atoms with van der Waals surface area (Å²) in [5.74, 6) is 0. The van der Waals surface area contributed by atoms with Gasteiger partial charge in [-0.3, -0.25) is 13.6 Å². The summed E-state index contributed by atoms with van der Waals surface area (Å²) in [6.07, 6.45) is -0.922. The fourth-order valence-corrected chi connectivity index (χ4v) is 3.61. The van der Waals surface area contributed by atoms with E-state index in [2.05, 4.69) is 0 Å². The van der Waals surface area contributed by atoms with Gasteiger partial charge in [0.1, 0.15) is 6.10 Å². The van der Waals surface area contributed by atoms with Crippen molar-refractivity contribution >= 4 is 7.82 Å². The maximum Gasteiger partial charge on any atom is 0.474 e. The lowest BCUT2D eigenvalue weighted by Crippen LogP contribution is -2.35. The molecule has 1 aliphatic heterocycles. The predicted molar refractivity (Wildman–Crippen MR) is 65.6 cm³/mol. The molecule has 2 N–H and O–H groups in total. The van der Waals surface area contributed by atoms with Crippen LogP contribution in [0.4, 0.5) is 0 Å². The van der Waals surface area contributed by atoms with E-state index in [-0.39, 0.29) is 32.5 Å². The molecule has 0 aromatic heterocycles. The fraction of sp³-hybridized carbons (Fsp3) is 1.00. The fourth-order valence-electron chi connectivity index (χ4n) is 2.42. The Hall–Kier alpha value is -0.0100. The van der Waals surface area contributed by atoms with Gasteiger partial charge < -0.3 is 14.9 Å². The number of aliphatic hydroxyl groups excluding tert-OH is 2. The molecule has 1 heterocycles. The molecular weight excluding hydrogens is 275 g/mol. The van der Waals surface area contributed by atoms with Gasteiger partial charge in [0.15, 0.2) is 0 Å². The second kappa shape index (κ2) is 5.77. The molecule has 0 aromatic rings. The molecule has 112 valence electrons. The number of aliphatic hydroxyl groups is 2. The van der Waals surface area contributed by atoms with Crippen molar-refractivity contribution in [2.24, 2.45) is 5.41 Å². The van der Waals surface area contributed by atoms with Crippen LogP contribution in [0.5, 0.6) is 0 Å². The Kier molecular flexibility index (Phi) is 4.67. The van der Waals surface area contributed by atoms with Crippen LogP contribution in [0.2, 0.25) is 0 Å². The van der Waals surface area contributed by atoms with Crippen molar-refractivity contribution in [3.05, 3.63) is 0 Å². The van der Waals surface area contributed by atoms with Gasteiger partial charge in [-0.25, -0.2) is 4.57 Å². The summed E-state index contributed by atoms with van der Waals surface area (Å²) in [7, 11) is -3.59. The lowest BCUT2D eigenvalue weighted by Gasteiger charge is -2.23. The summed E-state index contributed by atoms with van der Waals surface area (Å²) in [5, 5.41) is 19.3. The van der Waals surface area contributed by atoms with E-state index < -0.39 is 25.4 Å². The molecule has 2 fully saturated rings. The number of ether oxygens (including phenoxy) is 1. The maximum atomic E-state index is 12.1. The van der Waals surface area contributed by atoms with E-state index in [1.807, 2.05) is 0 Å². The first kappa shape index (κ1) is 15.4. The molecule has 8 heteroatoms. The number of phosphoric ester groups is 1. The average molecular weight is 296 g/mol. The SMILES string of the molecule is CCOP(=O)(OCC)OC[C@H]1O[C@H]2CC2(CO)C1O. The van der Waals surface area contributed by atoms with Crippen LogP contribution in [-0.2, 0) is 22.9 Å². The predicted octanol–water partition coefficient (Wildman–Crippen LogP) is 0.695. The molecule has 0 amide bonds. The Morgan fingerprint density at radius 1 is 1.32 bits per heavy atom. The molecular formula is C11H21O7P. The monoisotopic (exact) mass is 296 g/mol. The highest BCUT2D eigenvalue weighted by Crippen LogP contribution is 2.58. The normalized spacial score (nSPS) is 37.4. The summed E-state index contributed by atoms with van der Waals surface area (Å²) in [6.45, 7) is 3.57. The van der Waals surface area contributed by atoms with Crippen molar-refractivity contribution < 1.29 is 33.1 Å². The first-order chi connectivity index (χ1) is 9.01. The molecule has 1 aliphatic carbocycles. The van der Waals surface area contributed by atoms with Gasteiger partial charge in [-0.05, 0) is 20.3 Å². The lowest BCUT2D eigenvalue weighted by molar-refractivity contribution is -0.0399. The number of fused-ring (bicyclic) bond motifs is 1. The van der Waals surface area contributed by atoms with E-state index in [1.165, 1.54) is 0 Å². The molecule has 2 aliphatic rings. The van der Waals surface area contributed by atoms with Crippen LogP contribution in [0, 0.1) is 5.41 Å². The molecule has 1 saturated carbocycles.